The molecule has 1 N–H and O–H groups in total. The Kier molecular flexibility index (Phi) is 1.66. The molecule has 2 unspecified atom stereocenters. The van der Waals surface area contributed by atoms with E-state index in [0.29, 0.717) is 12.0 Å². The fourth-order valence-corrected chi connectivity index (χ4v) is 1.04. The van der Waals surface area contributed by atoms with Crippen molar-refractivity contribution in [3.8, 4) is 0 Å². The summed E-state index contributed by atoms with van der Waals surface area (Å²) in [5, 5.41) is 9.15. The highest BCUT2D eigenvalue weighted by Crippen LogP contribution is 2.26. The third-order valence-electron chi connectivity index (χ3n) is 1.69. The van der Waals surface area contributed by atoms with E-state index in [1.54, 1.807) is 13.8 Å². The van der Waals surface area contributed by atoms with E-state index in [0.717, 1.165) is 0 Å². The van der Waals surface area contributed by atoms with Gasteiger partial charge in [0.15, 0.2) is 0 Å². The standard InChI is InChI=1S/C7H10O3/c1-4-6(3-8)7(9)5(2)10-4/h3-4,6,9H,1-2H3. The molecule has 2 atom stereocenters. The molecule has 0 aliphatic carbocycles. The molecular formula is C7H10O3. The van der Waals surface area contributed by atoms with Crippen molar-refractivity contribution in [1.82, 2.24) is 0 Å². The zero-order valence-electron chi connectivity index (χ0n) is 6.00. The maximum Gasteiger partial charge on any atom is 0.143 e. The molecule has 0 spiro atoms. The van der Waals surface area contributed by atoms with Gasteiger partial charge in [0.25, 0.3) is 0 Å². The van der Waals surface area contributed by atoms with Crippen LogP contribution < -0.4 is 0 Å². The monoisotopic (exact) mass is 142 g/mol. The number of carbonyl (C=O) groups excluding carboxylic acids is 1. The number of carbonyl (C=O) groups is 1. The van der Waals surface area contributed by atoms with Crippen molar-refractivity contribution in [3.63, 3.8) is 0 Å². The van der Waals surface area contributed by atoms with E-state index in [2.05, 4.69) is 0 Å². The Balaban J connectivity index is 2.82. The van der Waals surface area contributed by atoms with Crippen molar-refractivity contribution in [2.75, 3.05) is 0 Å². The highest BCUT2D eigenvalue weighted by Gasteiger charge is 2.31. The van der Waals surface area contributed by atoms with Crippen LogP contribution in [0.1, 0.15) is 13.8 Å². The lowest BCUT2D eigenvalue weighted by Crippen LogP contribution is -2.15. The molecule has 0 saturated carbocycles. The Hall–Kier alpha value is -0.990. The Bertz CT molecular complexity index is 183. The molecule has 3 heteroatoms. The summed E-state index contributed by atoms with van der Waals surface area (Å²) in [4.78, 5) is 10.3. The molecule has 0 fully saturated rings. The summed E-state index contributed by atoms with van der Waals surface area (Å²) in [6.45, 7) is 3.40. The van der Waals surface area contributed by atoms with Crippen LogP contribution in [-0.4, -0.2) is 17.5 Å². The van der Waals surface area contributed by atoms with E-state index in [1.165, 1.54) is 0 Å². The molecule has 10 heavy (non-hydrogen) atoms. The van der Waals surface area contributed by atoms with E-state index in [4.69, 9.17) is 9.84 Å². The van der Waals surface area contributed by atoms with Gasteiger partial charge in [-0.2, -0.15) is 0 Å². The first-order chi connectivity index (χ1) is 4.66. The van der Waals surface area contributed by atoms with Crippen LogP contribution in [0, 0.1) is 5.92 Å². The lowest BCUT2D eigenvalue weighted by atomic mass is 10.1. The minimum atomic E-state index is -0.458. The van der Waals surface area contributed by atoms with Crippen LogP contribution in [0.2, 0.25) is 0 Å². The normalized spacial score (nSPS) is 32.2. The molecule has 0 aromatic carbocycles. The average Bonchev–Trinajstić information content (AvgIpc) is 2.09. The number of rotatable bonds is 1. The molecule has 0 aromatic rings. The minimum absolute atomic E-state index is 0.0718. The number of ether oxygens (including phenoxy) is 1. The Morgan fingerprint density at radius 2 is 2.30 bits per heavy atom. The van der Waals surface area contributed by atoms with Gasteiger partial charge in [0.05, 0.1) is 0 Å². The molecule has 0 saturated heterocycles. The predicted octanol–water partition coefficient (Wildman–Crippen LogP) is 1.01. The van der Waals surface area contributed by atoms with Crippen LogP contribution in [0.5, 0.6) is 0 Å². The van der Waals surface area contributed by atoms with Crippen molar-refractivity contribution < 1.29 is 14.6 Å². The zero-order chi connectivity index (χ0) is 7.72. The van der Waals surface area contributed by atoms with Crippen molar-refractivity contribution in [3.05, 3.63) is 11.5 Å². The first kappa shape index (κ1) is 7.12. The van der Waals surface area contributed by atoms with Gasteiger partial charge in [-0.1, -0.05) is 0 Å². The molecule has 0 bridgehead atoms. The van der Waals surface area contributed by atoms with Gasteiger partial charge < -0.3 is 14.6 Å². The third-order valence-corrected chi connectivity index (χ3v) is 1.69. The second kappa shape index (κ2) is 2.33. The average molecular weight is 142 g/mol. The highest BCUT2D eigenvalue weighted by molar-refractivity contribution is 5.60. The molecule has 1 rings (SSSR count). The largest absolute Gasteiger partial charge is 0.508 e. The summed E-state index contributed by atoms with van der Waals surface area (Å²) in [5.41, 5.74) is 0. The van der Waals surface area contributed by atoms with Crippen LogP contribution in [0.4, 0.5) is 0 Å². The smallest absolute Gasteiger partial charge is 0.143 e. The summed E-state index contributed by atoms with van der Waals surface area (Å²) in [5.74, 6) is 0.0760. The molecule has 0 aromatic heterocycles. The third kappa shape index (κ3) is 0.875. The number of hydrogen-bond donors (Lipinski definition) is 1. The second-order valence-corrected chi connectivity index (χ2v) is 2.43. The summed E-state index contributed by atoms with van der Waals surface area (Å²) in [7, 11) is 0. The van der Waals surface area contributed by atoms with Crippen molar-refractivity contribution in [2.24, 2.45) is 5.92 Å². The van der Waals surface area contributed by atoms with Gasteiger partial charge in [0, 0.05) is 0 Å². The van der Waals surface area contributed by atoms with Gasteiger partial charge in [0.2, 0.25) is 0 Å². The van der Waals surface area contributed by atoms with Crippen molar-refractivity contribution in [1.29, 1.82) is 0 Å². The summed E-state index contributed by atoms with van der Waals surface area (Å²) in [6.07, 6.45) is 0.494. The number of allylic oxidation sites excluding steroid dienone is 1. The lowest BCUT2D eigenvalue weighted by Gasteiger charge is -2.06. The van der Waals surface area contributed by atoms with Crippen LogP contribution in [0.25, 0.3) is 0 Å². The predicted molar refractivity (Wildman–Crippen MR) is 35.4 cm³/mol. The number of aldehydes is 1. The van der Waals surface area contributed by atoms with E-state index in [1.807, 2.05) is 0 Å². The second-order valence-electron chi connectivity index (χ2n) is 2.43. The fourth-order valence-electron chi connectivity index (χ4n) is 1.04. The summed E-state index contributed by atoms with van der Waals surface area (Å²) in [6, 6.07) is 0. The molecule has 1 aliphatic rings. The van der Waals surface area contributed by atoms with Gasteiger partial charge in [-0.15, -0.1) is 0 Å². The topological polar surface area (TPSA) is 46.5 Å². The Morgan fingerprint density at radius 1 is 1.70 bits per heavy atom. The van der Waals surface area contributed by atoms with E-state index < -0.39 is 5.92 Å². The maximum atomic E-state index is 10.3. The van der Waals surface area contributed by atoms with Gasteiger partial charge in [-0.25, -0.2) is 0 Å². The maximum absolute atomic E-state index is 10.3. The van der Waals surface area contributed by atoms with E-state index >= 15 is 0 Å². The Labute approximate surface area is 59.3 Å². The number of hydrogen-bond acceptors (Lipinski definition) is 3. The van der Waals surface area contributed by atoms with Gasteiger partial charge in [-0.05, 0) is 13.8 Å². The molecule has 1 heterocycles. The quantitative estimate of drug-likeness (QED) is 0.556. The zero-order valence-corrected chi connectivity index (χ0v) is 6.00. The molecule has 3 nitrogen and oxygen atoms in total. The van der Waals surface area contributed by atoms with Crippen LogP contribution >= 0.6 is 0 Å². The molecule has 1 aliphatic heterocycles. The summed E-state index contributed by atoms with van der Waals surface area (Å²) < 4.78 is 5.08. The number of aliphatic hydroxyl groups excluding tert-OH is 1. The fraction of sp³-hybridized carbons (Fsp3) is 0.571. The Morgan fingerprint density at radius 3 is 2.50 bits per heavy atom. The summed E-state index contributed by atoms with van der Waals surface area (Å²) >= 11 is 0. The van der Waals surface area contributed by atoms with Gasteiger partial charge in [0.1, 0.15) is 29.8 Å². The molecule has 56 valence electrons. The van der Waals surface area contributed by atoms with Gasteiger partial charge >= 0.3 is 0 Å². The van der Waals surface area contributed by atoms with Crippen LogP contribution in [-0.2, 0) is 9.53 Å². The van der Waals surface area contributed by atoms with Crippen molar-refractivity contribution in [2.45, 2.75) is 20.0 Å². The molecule has 0 radical (unpaired) electrons. The van der Waals surface area contributed by atoms with Crippen molar-refractivity contribution >= 4 is 6.29 Å². The SMILES string of the molecule is CC1=C(O)C(C=O)C(C)O1. The highest BCUT2D eigenvalue weighted by atomic mass is 16.5. The van der Waals surface area contributed by atoms with Gasteiger partial charge in [-0.3, -0.25) is 0 Å². The van der Waals surface area contributed by atoms with Crippen LogP contribution in [0.15, 0.2) is 11.5 Å². The van der Waals surface area contributed by atoms with E-state index in [-0.39, 0.29) is 11.9 Å². The van der Waals surface area contributed by atoms with Crippen LogP contribution in [0.3, 0.4) is 0 Å². The minimum Gasteiger partial charge on any atom is -0.508 e. The number of aliphatic hydroxyl groups is 1. The molecule has 0 amide bonds. The van der Waals surface area contributed by atoms with E-state index in [9.17, 15) is 4.79 Å². The first-order valence-corrected chi connectivity index (χ1v) is 3.18. The molecular weight excluding hydrogens is 132 g/mol. The first-order valence-electron chi connectivity index (χ1n) is 3.18. The lowest BCUT2D eigenvalue weighted by molar-refractivity contribution is -0.112.